The molecule has 123 valence electrons. The van der Waals surface area contributed by atoms with Crippen molar-refractivity contribution in [3.05, 3.63) is 29.3 Å². The topological polar surface area (TPSA) is 41.8 Å². The van der Waals surface area contributed by atoms with E-state index in [1.54, 1.807) is 7.11 Å². The van der Waals surface area contributed by atoms with Gasteiger partial charge in [-0.1, -0.05) is 24.9 Å². The molecule has 0 aliphatic heterocycles. The largest absolute Gasteiger partial charge is 0.496 e. The van der Waals surface area contributed by atoms with Crippen LogP contribution in [-0.4, -0.2) is 18.0 Å². The maximum absolute atomic E-state index is 9.56. The van der Waals surface area contributed by atoms with Crippen molar-refractivity contribution in [2.75, 3.05) is 7.11 Å². The summed E-state index contributed by atoms with van der Waals surface area (Å²) in [5, 5.41) is 13.2. The van der Waals surface area contributed by atoms with E-state index in [9.17, 15) is 5.21 Å². The molecule has 0 aromatic heterocycles. The molecule has 3 heteroatoms. The van der Waals surface area contributed by atoms with E-state index in [1.807, 2.05) is 6.07 Å². The molecule has 4 rings (SSSR count). The molecule has 2 fully saturated rings. The Morgan fingerprint density at radius 1 is 1.30 bits per heavy atom. The minimum Gasteiger partial charge on any atom is -0.496 e. The summed E-state index contributed by atoms with van der Waals surface area (Å²) < 4.78 is 5.40. The maximum atomic E-state index is 9.56. The first kappa shape index (κ1) is 15.0. The summed E-state index contributed by atoms with van der Waals surface area (Å²) in [5.41, 5.74) is 3.73. The van der Waals surface area contributed by atoms with Crippen LogP contribution in [-0.2, 0) is 0 Å². The highest BCUT2D eigenvalue weighted by atomic mass is 16.5. The number of nitrogens with zero attached hydrogens (tertiary/aromatic N) is 1. The predicted molar refractivity (Wildman–Crippen MR) is 90.3 cm³/mol. The number of ether oxygens (including phenoxy) is 1. The van der Waals surface area contributed by atoms with E-state index >= 15 is 0 Å². The van der Waals surface area contributed by atoms with E-state index in [0.717, 1.165) is 29.4 Å². The van der Waals surface area contributed by atoms with Crippen LogP contribution in [0.15, 0.2) is 17.3 Å². The van der Waals surface area contributed by atoms with Crippen LogP contribution in [0.2, 0.25) is 0 Å². The second kappa shape index (κ2) is 5.54. The molecule has 0 amide bonds. The van der Waals surface area contributed by atoms with Crippen LogP contribution in [0, 0.1) is 23.3 Å². The van der Waals surface area contributed by atoms with Crippen LogP contribution >= 0.6 is 0 Å². The van der Waals surface area contributed by atoms with Gasteiger partial charge in [-0.3, -0.25) is 0 Å². The molecule has 0 bridgehead atoms. The Balaban J connectivity index is 1.78. The zero-order chi connectivity index (χ0) is 16.0. The Labute approximate surface area is 138 Å². The molecule has 1 aromatic rings. The van der Waals surface area contributed by atoms with Gasteiger partial charge in [-0.15, -0.1) is 0 Å². The third-order valence-electron chi connectivity index (χ3n) is 6.90. The van der Waals surface area contributed by atoms with Gasteiger partial charge in [0.1, 0.15) is 5.75 Å². The Morgan fingerprint density at radius 3 is 2.96 bits per heavy atom. The summed E-state index contributed by atoms with van der Waals surface area (Å²) in [6.07, 6.45) is 8.92. The summed E-state index contributed by atoms with van der Waals surface area (Å²) in [4.78, 5) is 0. The van der Waals surface area contributed by atoms with Crippen LogP contribution < -0.4 is 4.74 Å². The van der Waals surface area contributed by atoms with Gasteiger partial charge in [-0.05, 0) is 73.0 Å². The fourth-order valence-electron chi connectivity index (χ4n) is 5.71. The van der Waals surface area contributed by atoms with Crippen molar-refractivity contribution >= 4 is 5.71 Å². The van der Waals surface area contributed by atoms with Gasteiger partial charge in [0, 0.05) is 11.6 Å². The highest BCUT2D eigenvalue weighted by molar-refractivity contribution is 6.03. The quantitative estimate of drug-likeness (QED) is 0.599. The Kier molecular flexibility index (Phi) is 3.62. The fraction of sp³-hybridized carbons (Fsp3) is 0.650. The molecular formula is C20H26NO2. The van der Waals surface area contributed by atoms with Gasteiger partial charge in [-0.25, -0.2) is 0 Å². The molecule has 0 unspecified atom stereocenters. The Bertz CT molecular complexity index is 639. The molecule has 2 saturated carbocycles. The highest BCUT2D eigenvalue weighted by Crippen LogP contribution is 2.59. The van der Waals surface area contributed by atoms with Crippen molar-refractivity contribution in [2.45, 2.75) is 57.8 Å². The van der Waals surface area contributed by atoms with Crippen LogP contribution in [0.5, 0.6) is 5.75 Å². The number of oxime groups is 1. The van der Waals surface area contributed by atoms with E-state index in [2.05, 4.69) is 24.2 Å². The molecule has 3 aliphatic rings. The Hall–Kier alpha value is -1.51. The number of methoxy groups -OCH3 is 1. The molecular weight excluding hydrogens is 286 g/mol. The van der Waals surface area contributed by atoms with Crippen molar-refractivity contribution in [3.8, 4) is 5.75 Å². The number of hydrogen-bond donors (Lipinski definition) is 1. The Morgan fingerprint density at radius 2 is 2.17 bits per heavy atom. The molecule has 1 radical (unpaired) electrons. The zero-order valence-electron chi connectivity index (χ0n) is 14.1. The van der Waals surface area contributed by atoms with Gasteiger partial charge < -0.3 is 9.94 Å². The summed E-state index contributed by atoms with van der Waals surface area (Å²) in [7, 11) is 1.69. The van der Waals surface area contributed by atoms with Gasteiger partial charge in [-0.2, -0.15) is 0 Å². The fourth-order valence-corrected chi connectivity index (χ4v) is 5.71. The van der Waals surface area contributed by atoms with Gasteiger partial charge in [0.15, 0.2) is 0 Å². The van der Waals surface area contributed by atoms with Crippen LogP contribution in [0.3, 0.4) is 0 Å². The van der Waals surface area contributed by atoms with E-state index in [0.29, 0.717) is 17.3 Å². The third-order valence-corrected chi connectivity index (χ3v) is 6.90. The number of rotatable bonds is 1. The van der Waals surface area contributed by atoms with Crippen LogP contribution in [0.1, 0.15) is 68.9 Å². The summed E-state index contributed by atoms with van der Waals surface area (Å²) in [6.45, 7) is 2.50. The minimum atomic E-state index is 0.489. The molecule has 0 spiro atoms. The summed E-state index contributed by atoms with van der Waals surface area (Å²) >= 11 is 0. The van der Waals surface area contributed by atoms with Gasteiger partial charge >= 0.3 is 0 Å². The van der Waals surface area contributed by atoms with Crippen molar-refractivity contribution in [2.24, 2.45) is 22.4 Å². The molecule has 4 atom stereocenters. The average molecular weight is 312 g/mol. The lowest BCUT2D eigenvalue weighted by Crippen LogP contribution is -2.45. The second-order valence-corrected chi connectivity index (χ2v) is 7.94. The molecule has 0 heterocycles. The smallest absolute Gasteiger partial charge is 0.127 e. The molecule has 3 nitrogen and oxygen atoms in total. The average Bonchev–Trinajstić information content (AvgIpc) is 2.59. The first-order valence-corrected chi connectivity index (χ1v) is 8.97. The van der Waals surface area contributed by atoms with Crippen molar-refractivity contribution < 1.29 is 9.94 Å². The predicted octanol–water partition coefficient (Wildman–Crippen LogP) is 4.77. The van der Waals surface area contributed by atoms with E-state index < -0.39 is 0 Å². The summed E-state index contributed by atoms with van der Waals surface area (Å²) in [6, 6.07) is 7.24. The van der Waals surface area contributed by atoms with E-state index in [1.165, 1.54) is 44.1 Å². The van der Waals surface area contributed by atoms with E-state index in [-0.39, 0.29) is 0 Å². The lowest BCUT2D eigenvalue weighted by molar-refractivity contribution is 0.00383. The van der Waals surface area contributed by atoms with Crippen molar-refractivity contribution in [3.63, 3.8) is 0 Å². The number of benzene rings is 1. The molecule has 1 aromatic carbocycles. The number of hydrogen-bond acceptors (Lipinski definition) is 3. The van der Waals surface area contributed by atoms with Crippen molar-refractivity contribution in [1.29, 1.82) is 0 Å². The SMILES string of the molecule is COc1[c]cc2c(c1)[C@H]1CC[C@]3(C)CCCC[C@H]3[C@@H]1C/C2=N\O. The zero-order valence-corrected chi connectivity index (χ0v) is 14.1. The monoisotopic (exact) mass is 312 g/mol. The van der Waals surface area contributed by atoms with Crippen LogP contribution in [0.25, 0.3) is 0 Å². The number of fused-ring (bicyclic) bond motifs is 5. The van der Waals surface area contributed by atoms with Crippen molar-refractivity contribution in [1.82, 2.24) is 0 Å². The second-order valence-electron chi connectivity index (χ2n) is 7.94. The highest BCUT2D eigenvalue weighted by Gasteiger charge is 2.50. The lowest BCUT2D eigenvalue weighted by atomic mass is 9.50. The first-order chi connectivity index (χ1) is 11.2. The van der Waals surface area contributed by atoms with Gasteiger partial charge in [0.2, 0.25) is 0 Å². The molecule has 3 aliphatic carbocycles. The maximum Gasteiger partial charge on any atom is 0.127 e. The summed E-state index contributed by atoms with van der Waals surface area (Å²) in [5.74, 6) is 2.74. The third kappa shape index (κ3) is 2.28. The minimum absolute atomic E-state index is 0.489. The molecule has 0 saturated heterocycles. The molecule has 23 heavy (non-hydrogen) atoms. The molecule has 1 N–H and O–H groups in total. The van der Waals surface area contributed by atoms with Gasteiger partial charge in [0.05, 0.1) is 12.8 Å². The lowest BCUT2D eigenvalue weighted by Gasteiger charge is -2.54. The van der Waals surface area contributed by atoms with E-state index in [4.69, 9.17) is 4.74 Å². The normalized spacial score (nSPS) is 37.7. The first-order valence-electron chi connectivity index (χ1n) is 8.97. The standard InChI is InChI=1S/C20H26NO2/c1-20-9-4-3-5-18(20)17-12-19(21-22)15-7-6-13(23-2)11-16(15)14(17)8-10-20/h7,11,14,17-18,22H,3-5,8-10,12H2,1-2H3/b21-19+/t14-,17-,18+,20+/m1/s1. The van der Waals surface area contributed by atoms with Gasteiger partial charge in [0.25, 0.3) is 0 Å². The van der Waals surface area contributed by atoms with Crippen LogP contribution in [0.4, 0.5) is 0 Å².